The van der Waals surface area contributed by atoms with E-state index in [9.17, 15) is 9.59 Å². The van der Waals surface area contributed by atoms with Crippen molar-refractivity contribution in [2.75, 3.05) is 0 Å². The van der Waals surface area contributed by atoms with Gasteiger partial charge in [0.05, 0.1) is 17.2 Å². The van der Waals surface area contributed by atoms with Gasteiger partial charge in [0.2, 0.25) is 0 Å². The van der Waals surface area contributed by atoms with E-state index in [0.29, 0.717) is 34.1 Å². The largest absolute Gasteiger partial charge is 0.491 e. The van der Waals surface area contributed by atoms with Gasteiger partial charge in [0, 0.05) is 5.92 Å². The second-order valence-electron chi connectivity index (χ2n) is 11.4. The highest BCUT2D eigenvalue weighted by Crippen LogP contribution is 2.47. The summed E-state index contributed by atoms with van der Waals surface area (Å²) < 4.78 is 22.9. The summed E-state index contributed by atoms with van der Waals surface area (Å²) in [6, 6.07) is 25.2. The van der Waals surface area contributed by atoms with Gasteiger partial charge in [-0.15, -0.1) is 0 Å². The van der Waals surface area contributed by atoms with Gasteiger partial charge in [0.15, 0.2) is 0 Å². The van der Waals surface area contributed by atoms with Crippen LogP contribution >= 0.6 is 0 Å². The summed E-state index contributed by atoms with van der Waals surface area (Å²) in [5.74, 6) is 1.50. The molecule has 4 aromatic rings. The van der Waals surface area contributed by atoms with Crippen LogP contribution in [0.4, 0.5) is 0 Å². The second kappa shape index (κ2) is 11.1. The number of esters is 2. The summed E-state index contributed by atoms with van der Waals surface area (Å²) >= 11 is 0. The van der Waals surface area contributed by atoms with Crippen molar-refractivity contribution in [3.8, 4) is 34.1 Å². The fourth-order valence-corrected chi connectivity index (χ4v) is 4.87. The highest BCUT2D eigenvalue weighted by Gasteiger charge is 2.27. The van der Waals surface area contributed by atoms with Gasteiger partial charge >= 0.3 is 11.9 Å². The predicted octanol–water partition coefficient (Wildman–Crippen LogP) is 8.22. The molecule has 0 saturated carbocycles. The number of carbonyl (C=O) groups excluding carboxylic acids is 2. The lowest BCUT2D eigenvalue weighted by Crippen LogP contribution is -2.22. The van der Waals surface area contributed by atoms with Crippen molar-refractivity contribution < 1.29 is 28.5 Å². The van der Waals surface area contributed by atoms with Gasteiger partial charge in [0.1, 0.15) is 28.6 Å². The molecular formula is C35H34O6. The molecule has 0 N–H and O–H groups in total. The Hall–Kier alpha value is -4.58. The van der Waals surface area contributed by atoms with Crippen molar-refractivity contribution in [3.05, 3.63) is 107 Å². The molecule has 6 heteroatoms. The van der Waals surface area contributed by atoms with Crippen LogP contribution in [0, 0.1) is 0 Å². The summed E-state index contributed by atoms with van der Waals surface area (Å²) in [6.07, 6.45) is 0.0553. The molecule has 0 aromatic heterocycles. The smallest absolute Gasteiger partial charge is 0.343 e. The summed E-state index contributed by atoms with van der Waals surface area (Å²) in [5.41, 5.74) is 4.78. The molecular weight excluding hydrogens is 516 g/mol. The fourth-order valence-electron chi connectivity index (χ4n) is 4.87. The van der Waals surface area contributed by atoms with Crippen molar-refractivity contribution in [2.24, 2.45) is 0 Å². The molecule has 0 fully saturated rings. The van der Waals surface area contributed by atoms with E-state index in [1.807, 2.05) is 58.9 Å². The van der Waals surface area contributed by atoms with E-state index in [0.717, 1.165) is 22.3 Å². The SMILES string of the molecule is CC(C)Oc1ccc(C(=O)Oc2ccc3c(c2)C(C)c2cc(OC(=O)c4ccc(OC(C)(C)C)cc4)ccc2-3)cc1. The van der Waals surface area contributed by atoms with E-state index in [2.05, 4.69) is 6.92 Å². The molecule has 0 aliphatic heterocycles. The Kier molecular flexibility index (Phi) is 7.59. The first kappa shape index (κ1) is 28.0. The maximum absolute atomic E-state index is 12.8. The first-order valence-corrected chi connectivity index (χ1v) is 13.8. The topological polar surface area (TPSA) is 71.1 Å². The van der Waals surface area contributed by atoms with Gasteiger partial charge in [-0.05, 0) is 130 Å². The van der Waals surface area contributed by atoms with E-state index in [1.54, 1.807) is 60.7 Å². The molecule has 1 aliphatic rings. The van der Waals surface area contributed by atoms with Gasteiger partial charge < -0.3 is 18.9 Å². The number of ether oxygens (including phenoxy) is 4. The van der Waals surface area contributed by atoms with E-state index in [-0.39, 0.29) is 17.6 Å². The van der Waals surface area contributed by atoms with Gasteiger partial charge in [-0.25, -0.2) is 9.59 Å². The molecule has 1 atom stereocenters. The molecule has 0 bridgehead atoms. The highest BCUT2D eigenvalue weighted by molar-refractivity contribution is 5.92. The molecule has 5 rings (SSSR count). The number of carbonyl (C=O) groups is 2. The molecule has 6 nitrogen and oxygen atoms in total. The molecule has 0 radical (unpaired) electrons. The number of fused-ring (bicyclic) bond motifs is 3. The monoisotopic (exact) mass is 550 g/mol. The van der Waals surface area contributed by atoms with E-state index < -0.39 is 11.9 Å². The molecule has 0 spiro atoms. The molecule has 0 heterocycles. The Bertz CT molecular complexity index is 1580. The van der Waals surface area contributed by atoms with Crippen LogP contribution in [0.2, 0.25) is 0 Å². The van der Waals surface area contributed by atoms with Crippen molar-refractivity contribution >= 4 is 11.9 Å². The summed E-state index contributed by atoms with van der Waals surface area (Å²) in [4.78, 5) is 25.6. The Labute approximate surface area is 240 Å². The van der Waals surface area contributed by atoms with E-state index >= 15 is 0 Å². The van der Waals surface area contributed by atoms with Crippen LogP contribution in [0.3, 0.4) is 0 Å². The van der Waals surface area contributed by atoms with Gasteiger partial charge in [-0.2, -0.15) is 0 Å². The first-order chi connectivity index (χ1) is 19.5. The quantitative estimate of drug-likeness (QED) is 0.171. The number of rotatable bonds is 7. The van der Waals surface area contributed by atoms with Crippen LogP contribution < -0.4 is 18.9 Å². The van der Waals surface area contributed by atoms with Crippen molar-refractivity contribution in [3.63, 3.8) is 0 Å². The minimum Gasteiger partial charge on any atom is -0.491 e. The minimum absolute atomic E-state index is 0.0265. The normalized spacial score (nSPS) is 13.8. The number of hydrogen-bond donors (Lipinski definition) is 0. The molecule has 1 unspecified atom stereocenters. The molecule has 0 amide bonds. The standard InChI is InChI=1S/C35H34O6/c1-21(2)38-25-11-7-23(8-12-25)33(36)39-27-15-17-29-30-18-16-28(20-32(30)22(3)31(29)19-27)40-34(37)24-9-13-26(14-10-24)41-35(4,5)6/h7-22H,1-6H3. The molecule has 1 aliphatic carbocycles. The Morgan fingerprint density at radius 1 is 0.634 bits per heavy atom. The van der Waals surface area contributed by atoms with E-state index in [4.69, 9.17) is 18.9 Å². The Morgan fingerprint density at radius 2 is 1.05 bits per heavy atom. The average Bonchev–Trinajstić information content (AvgIpc) is 3.19. The lowest BCUT2D eigenvalue weighted by Gasteiger charge is -2.21. The minimum atomic E-state index is -0.437. The summed E-state index contributed by atoms with van der Waals surface area (Å²) in [7, 11) is 0. The lowest BCUT2D eigenvalue weighted by atomic mass is 9.99. The third-order valence-corrected chi connectivity index (χ3v) is 6.67. The Morgan fingerprint density at radius 3 is 1.46 bits per heavy atom. The fraction of sp³-hybridized carbons (Fsp3) is 0.257. The summed E-state index contributed by atoms with van der Waals surface area (Å²) in [6.45, 7) is 11.9. The van der Waals surface area contributed by atoms with E-state index in [1.165, 1.54) is 0 Å². The van der Waals surface area contributed by atoms with Crippen LogP contribution in [0.5, 0.6) is 23.0 Å². The van der Waals surface area contributed by atoms with Crippen molar-refractivity contribution in [1.82, 2.24) is 0 Å². The lowest BCUT2D eigenvalue weighted by molar-refractivity contribution is 0.0725. The van der Waals surface area contributed by atoms with Crippen LogP contribution in [0.1, 0.15) is 79.3 Å². The number of hydrogen-bond acceptors (Lipinski definition) is 6. The zero-order valence-corrected chi connectivity index (χ0v) is 24.2. The first-order valence-electron chi connectivity index (χ1n) is 13.8. The maximum atomic E-state index is 12.8. The zero-order valence-electron chi connectivity index (χ0n) is 24.2. The Balaban J connectivity index is 1.27. The van der Waals surface area contributed by atoms with Crippen LogP contribution in [-0.2, 0) is 0 Å². The maximum Gasteiger partial charge on any atom is 0.343 e. The average molecular weight is 551 g/mol. The van der Waals surface area contributed by atoms with Gasteiger partial charge in [-0.3, -0.25) is 0 Å². The number of benzene rings is 4. The molecule has 0 saturated heterocycles. The van der Waals surface area contributed by atoms with Crippen LogP contribution in [-0.4, -0.2) is 23.6 Å². The van der Waals surface area contributed by atoms with Crippen LogP contribution in [0.25, 0.3) is 11.1 Å². The molecule has 41 heavy (non-hydrogen) atoms. The molecule has 210 valence electrons. The van der Waals surface area contributed by atoms with Crippen LogP contribution in [0.15, 0.2) is 84.9 Å². The highest BCUT2D eigenvalue weighted by atomic mass is 16.5. The summed E-state index contributed by atoms with van der Waals surface area (Å²) in [5, 5.41) is 0. The molecule has 4 aromatic carbocycles. The zero-order chi connectivity index (χ0) is 29.3. The third-order valence-electron chi connectivity index (χ3n) is 6.67. The van der Waals surface area contributed by atoms with Crippen molar-refractivity contribution in [1.29, 1.82) is 0 Å². The van der Waals surface area contributed by atoms with Gasteiger partial charge in [0.25, 0.3) is 0 Å². The second-order valence-corrected chi connectivity index (χ2v) is 11.4. The third kappa shape index (κ3) is 6.43. The van der Waals surface area contributed by atoms with Gasteiger partial charge in [-0.1, -0.05) is 19.1 Å². The predicted molar refractivity (Wildman–Crippen MR) is 158 cm³/mol. The van der Waals surface area contributed by atoms with Crippen molar-refractivity contribution in [2.45, 2.75) is 59.2 Å².